The molecule has 1 aliphatic rings. The zero-order valence-electron chi connectivity index (χ0n) is 17.0. The van der Waals surface area contributed by atoms with Crippen molar-refractivity contribution in [1.29, 1.82) is 0 Å². The normalized spacial score (nSPS) is 18.4. The lowest BCUT2D eigenvalue weighted by molar-refractivity contribution is -0.116. The Bertz CT molecular complexity index is 787. The maximum Gasteiger partial charge on any atom is 0.225 e. The summed E-state index contributed by atoms with van der Waals surface area (Å²) in [6, 6.07) is 18.8. The predicted molar refractivity (Wildman–Crippen MR) is 117 cm³/mol. The summed E-state index contributed by atoms with van der Waals surface area (Å²) >= 11 is 0. The second-order valence-electron chi connectivity index (χ2n) is 7.63. The van der Waals surface area contributed by atoms with Crippen LogP contribution in [0.4, 0.5) is 5.69 Å². The minimum absolute atomic E-state index is 0.0889. The van der Waals surface area contributed by atoms with Gasteiger partial charge in [-0.25, -0.2) is 0 Å². The average Bonchev–Trinajstić information content (AvgIpc) is 2.68. The summed E-state index contributed by atoms with van der Waals surface area (Å²) in [4.78, 5) is 17.2. The molecule has 0 bridgehead atoms. The van der Waals surface area contributed by atoms with Gasteiger partial charge in [0.2, 0.25) is 5.91 Å². The molecule has 4 nitrogen and oxygen atoms in total. The molecule has 1 atom stereocenters. The molecule has 1 unspecified atom stereocenters. The lowest BCUT2D eigenvalue weighted by Gasteiger charge is -2.39. The number of carbonyl (C=O) groups is 1. The molecule has 1 N–H and O–H groups in total. The van der Waals surface area contributed by atoms with Crippen LogP contribution in [0.15, 0.2) is 60.7 Å². The number of rotatable bonds is 7. The van der Waals surface area contributed by atoms with Gasteiger partial charge in [-0.3, -0.25) is 14.6 Å². The molecule has 0 radical (unpaired) electrons. The molecule has 1 amide bonds. The Morgan fingerprint density at radius 2 is 1.96 bits per heavy atom. The van der Waals surface area contributed by atoms with Crippen LogP contribution in [0.25, 0.3) is 6.08 Å². The summed E-state index contributed by atoms with van der Waals surface area (Å²) in [5.41, 5.74) is 3.28. The van der Waals surface area contributed by atoms with Crippen LogP contribution in [0, 0.1) is 6.92 Å². The van der Waals surface area contributed by atoms with E-state index in [0.717, 1.165) is 44.0 Å². The van der Waals surface area contributed by atoms with Crippen LogP contribution in [0.1, 0.15) is 24.5 Å². The largest absolute Gasteiger partial charge is 0.326 e. The average molecular weight is 378 g/mol. The SMILES string of the molecule is Cc1cccc(NC(=O)CCN2CCN(C/C=C/c3ccccc3)CC2C)c1. The van der Waals surface area contributed by atoms with E-state index in [4.69, 9.17) is 0 Å². The molecule has 2 aromatic rings. The third kappa shape index (κ3) is 6.32. The first-order valence-electron chi connectivity index (χ1n) is 10.1. The summed E-state index contributed by atoms with van der Waals surface area (Å²) in [5.74, 6) is 0.0889. The van der Waals surface area contributed by atoms with Gasteiger partial charge >= 0.3 is 0 Å². The third-order valence-electron chi connectivity index (χ3n) is 5.25. The van der Waals surface area contributed by atoms with E-state index in [0.29, 0.717) is 12.5 Å². The topological polar surface area (TPSA) is 35.6 Å². The van der Waals surface area contributed by atoms with Gasteiger partial charge in [0.25, 0.3) is 0 Å². The van der Waals surface area contributed by atoms with Crippen LogP contribution < -0.4 is 5.32 Å². The van der Waals surface area contributed by atoms with Crippen LogP contribution >= 0.6 is 0 Å². The van der Waals surface area contributed by atoms with Crippen molar-refractivity contribution >= 4 is 17.7 Å². The van der Waals surface area contributed by atoms with Crippen molar-refractivity contribution in [3.8, 4) is 0 Å². The Morgan fingerprint density at radius 3 is 2.71 bits per heavy atom. The Hall–Kier alpha value is -2.43. The Balaban J connectivity index is 1.39. The van der Waals surface area contributed by atoms with E-state index in [-0.39, 0.29) is 5.91 Å². The summed E-state index contributed by atoms with van der Waals surface area (Å²) < 4.78 is 0. The standard InChI is InChI=1S/C24H31N3O/c1-20-8-6-12-23(18-20)25-24(28)13-15-27-17-16-26(19-21(27)2)14-7-11-22-9-4-3-5-10-22/h3-12,18,21H,13-17,19H2,1-2H3,(H,25,28)/b11-7+. The fraction of sp³-hybridized carbons (Fsp3) is 0.375. The summed E-state index contributed by atoms with van der Waals surface area (Å²) in [5, 5.41) is 3.00. The zero-order valence-corrected chi connectivity index (χ0v) is 17.0. The molecule has 1 heterocycles. The van der Waals surface area contributed by atoms with Gasteiger partial charge < -0.3 is 5.32 Å². The van der Waals surface area contributed by atoms with Crippen LogP contribution in [0.3, 0.4) is 0 Å². The monoisotopic (exact) mass is 377 g/mol. The van der Waals surface area contributed by atoms with Crippen molar-refractivity contribution in [3.63, 3.8) is 0 Å². The van der Waals surface area contributed by atoms with E-state index in [9.17, 15) is 4.79 Å². The molecule has 1 fully saturated rings. The number of piperazine rings is 1. The minimum Gasteiger partial charge on any atom is -0.326 e. The van der Waals surface area contributed by atoms with Crippen molar-refractivity contribution in [2.75, 3.05) is 38.0 Å². The van der Waals surface area contributed by atoms with Crippen molar-refractivity contribution in [2.24, 2.45) is 0 Å². The van der Waals surface area contributed by atoms with Gasteiger partial charge in [0.1, 0.15) is 0 Å². The molecule has 1 saturated heterocycles. The lowest BCUT2D eigenvalue weighted by Crippen LogP contribution is -2.52. The number of benzene rings is 2. The number of nitrogens with one attached hydrogen (secondary N) is 1. The zero-order chi connectivity index (χ0) is 19.8. The van der Waals surface area contributed by atoms with Gasteiger partial charge in [0, 0.05) is 50.9 Å². The van der Waals surface area contributed by atoms with E-state index >= 15 is 0 Å². The van der Waals surface area contributed by atoms with Gasteiger partial charge in [-0.05, 0) is 37.1 Å². The minimum atomic E-state index is 0.0889. The van der Waals surface area contributed by atoms with Crippen molar-refractivity contribution in [1.82, 2.24) is 9.80 Å². The van der Waals surface area contributed by atoms with E-state index in [2.05, 4.69) is 58.5 Å². The molecule has 1 aliphatic heterocycles. The first kappa shape index (κ1) is 20.3. The first-order chi connectivity index (χ1) is 13.6. The molecule has 0 aliphatic carbocycles. The fourth-order valence-corrected chi connectivity index (χ4v) is 3.66. The Morgan fingerprint density at radius 1 is 1.14 bits per heavy atom. The quantitative estimate of drug-likeness (QED) is 0.791. The second-order valence-corrected chi connectivity index (χ2v) is 7.63. The summed E-state index contributed by atoms with van der Waals surface area (Å²) in [7, 11) is 0. The molecule has 148 valence electrons. The van der Waals surface area contributed by atoms with E-state index in [1.165, 1.54) is 5.56 Å². The van der Waals surface area contributed by atoms with Crippen molar-refractivity contribution in [2.45, 2.75) is 26.3 Å². The molecular weight excluding hydrogens is 346 g/mol. The number of hydrogen-bond acceptors (Lipinski definition) is 3. The highest BCUT2D eigenvalue weighted by atomic mass is 16.1. The van der Waals surface area contributed by atoms with Crippen LogP contribution in [-0.4, -0.2) is 54.5 Å². The van der Waals surface area contributed by atoms with Crippen LogP contribution in [0.5, 0.6) is 0 Å². The summed E-state index contributed by atoms with van der Waals surface area (Å²) in [6.45, 7) is 9.17. The van der Waals surface area contributed by atoms with Crippen LogP contribution in [0.2, 0.25) is 0 Å². The maximum atomic E-state index is 12.3. The molecule has 3 rings (SSSR count). The first-order valence-corrected chi connectivity index (χ1v) is 10.1. The van der Waals surface area contributed by atoms with Gasteiger partial charge in [-0.2, -0.15) is 0 Å². The van der Waals surface area contributed by atoms with Crippen molar-refractivity contribution in [3.05, 3.63) is 71.8 Å². The highest BCUT2D eigenvalue weighted by molar-refractivity contribution is 5.90. The summed E-state index contributed by atoms with van der Waals surface area (Å²) in [6.07, 6.45) is 4.96. The number of amides is 1. The van der Waals surface area contributed by atoms with E-state index < -0.39 is 0 Å². The molecule has 4 heteroatoms. The highest BCUT2D eigenvalue weighted by Crippen LogP contribution is 2.13. The predicted octanol–water partition coefficient (Wildman–Crippen LogP) is 4.04. The van der Waals surface area contributed by atoms with Gasteiger partial charge in [-0.15, -0.1) is 0 Å². The number of nitrogens with zero attached hydrogens (tertiary/aromatic N) is 2. The Labute approximate surface area is 168 Å². The fourth-order valence-electron chi connectivity index (χ4n) is 3.66. The van der Waals surface area contributed by atoms with Crippen LogP contribution in [-0.2, 0) is 4.79 Å². The molecule has 0 spiro atoms. The molecule has 0 aromatic heterocycles. The smallest absolute Gasteiger partial charge is 0.225 e. The van der Waals surface area contributed by atoms with Gasteiger partial charge in [0.15, 0.2) is 0 Å². The molecule has 28 heavy (non-hydrogen) atoms. The number of carbonyl (C=O) groups excluding carboxylic acids is 1. The van der Waals surface area contributed by atoms with Crippen molar-refractivity contribution < 1.29 is 4.79 Å². The Kier molecular flexibility index (Phi) is 7.40. The lowest BCUT2D eigenvalue weighted by atomic mass is 10.1. The third-order valence-corrected chi connectivity index (χ3v) is 5.25. The van der Waals surface area contributed by atoms with Gasteiger partial charge in [0.05, 0.1) is 0 Å². The van der Waals surface area contributed by atoms with E-state index in [1.54, 1.807) is 0 Å². The number of aryl methyl sites for hydroxylation is 1. The maximum absolute atomic E-state index is 12.3. The number of hydrogen-bond donors (Lipinski definition) is 1. The highest BCUT2D eigenvalue weighted by Gasteiger charge is 2.23. The van der Waals surface area contributed by atoms with E-state index in [1.807, 2.05) is 37.3 Å². The van der Waals surface area contributed by atoms with Gasteiger partial charge in [-0.1, -0.05) is 54.6 Å². The molecule has 0 saturated carbocycles. The second kappa shape index (κ2) is 10.2. The molecular formula is C24H31N3O. The number of anilines is 1. The molecule has 2 aromatic carbocycles.